The SMILES string of the molecule is CCC/C=C/c1ccc2c(c1)N(C(=O)OC(C)(C)C)c1ccccc1S2. The standard InChI is InChI=1S/C22H25NO2S/c1-5-6-7-10-16-13-14-20-18(15-16)23(21(24)25-22(2,3)4)17-11-8-9-12-19(17)26-20/h7-15H,5-6H2,1-4H3/b10-7+. The number of allylic oxidation sites excluding steroid dienone is 1. The Morgan fingerprint density at radius 2 is 1.85 bits per heavy atom. The smallest absolute Gasteiger partial charge is 0.419 e. The zero-order valence-electron chi connectivity index (χ0n) is 15.8. The Labute approximate surface area is 160 Å². The Kier molecular flexibility index (Phi) is 5.42. The first-order chi connectivity index (χ1) is 12.4. The molecule has 1 aliphatic rings. The Bertz CT molecular complexity index is 836. The Morgan fingerprint density at radius 3 is 2.58 bits per heavy atom. The molecule has 0 atom stereocenters. The van der Waals surface area contributed by atoms with Crippen LogP contribution in [-0.4, -0.2) is 11.7 Å². The quantitative estimate of drug-likeness (QED) is 0.583. The number of benzene rings is 2. The minimum absolute atomic E-state index is 0.346. The molecule has 1 heterocycles. The van der Waals surface area contributed by atoms with Crippen molar-refractivity contribution in [1.29, 1.82) is 0 Å². The molecule has 0 aliphatic carbocycles. The first-order valence-electron chi connectivity index (χ1n) is 8.99. The summed E-state index contributed by atoms with van der Waals surface area (Å²) in [7, 11) is 0. The second-order valence-corrected chi connectivity index (χ2v) is 8.39. The number of fused-ring (bicyclic) bond motifs is 2. The van der Waals surface area contributed by atoms with Gasteiger partial charge in [-0.25, -0.2) is 9.69 Å². The maximum absolute atomic E-state index is 13.0. The van der Waals surface area contributed by atoms with Gasteiger partial charge in [-0.3, -0.25) is 0 Å². The van der Waals surface area contributed by atoms with Crippen molar-refractivity contribution in [3.8, 4) is 0 Å². The van der Waals surface area contributed by atoms with Gasteiger partial charge in [0.05, 0.1) is 11.4 Å². The third-order valence-corrected chi connectivity index (χ3v) is 5.02. The molecule has 0 bridgehead atoms. The van der Waals surface area contributed by atoms with Gasteiger partial charge in [-0.05, 0) is 57.0 Å². The Hall–Kier alpha value is -2.20. The van der Waals surface area contributed by atoms with E-state index in [9.17, 15) is 4.79 Å². The van der Waals surface area contributed by atoms with E-state index in [-0.39, 0.29) is 6.09 Å². The van der Waals surface area contributed by atoms with Gasteiger partial charge >= 0.3 is 6.09 Å². The lowest BCUT2D eigenvalue weighted by Crippen LogP contribution is -2.35. The molecule has 0 spiro atoms. The molecular weight excluding hydrogens is 342 g/mol. The highest BCUT2D eigenvalue weighted by Crippen LogP contribution is 2.48. The number of anilines is 2. The number of ether oxygens (including phenoxy) is 1. The molecule has 0 saturated carbocycles. The van der Waals surface area contributed by atoms with E-state index < -0.39 is 5.60 Å². The summed E-state index contributed by atoms with van der Waals surface area (Å²) in [5.41, 5.74) is 2.29. The number of carbonyl (C=O) groups is 1. The van der Waals surface area contributed by atoms with Crippen molar-refractivity contribution in [3.05, 3.63) is 54.1 Å². The fourth-order valence-electron chi connectivity index (χ4n) is 2.77. The summed E-state index contributed by atoms with van der Waals surface area (Å²) in [6.07, 6.45) is 6.10. The van der Waals surface area contributed by atoms with Crippen molar-refractivity contribution in [2.75, 3.05) is 4.90 Å². The van der Waals surface area contributed by atoms with Crippen LogP contribution in [0.2, 0.25) is 0 Å². The van der Waals surface area contributed by atoms with Crippen molar-refractivity contribution < 1.29 is 9.53 Å². The number of nitrogens with zero attached hydrogens (tertiary/aromatic N) is 1. The van der Waals surface area contributed by atoms with Gasteiger partial charge in [0.1, 0.15) is 5.60 Å². The molecule has 3 rings (SSSR count). The Balaban J connectivity index is 2.04. The predicted molar refractivity (Wildman–Crippen MR) is 109 cm³/mol. The lowest BCUT2D eigenvalue weighted by Gasteiger charge is -2.33. The summed E-state index contributed by atoms with van der Waals surface area (Å²) in [5.74, 6) is 0. The topological polar surface area (TPSA) is 29.5 Å². The van der Waals surface area contributed by atoms with E-state index in [1.807, 2.05) is 45.0 Å². The maximum atomic E-state index is 13.0. The van der Waals surface area contributed by atoms with Gasteiger partial charge in [0.15, 0.2) is 0 Å². The van der Waals surface area contributed by atoms with Crippen molar-refractivity contribution >= 4 is 35.3 Å². The number of hydrogen-bond acceptors (Lipinski definition) is 3. The Morgan fingerprint density at radius 1 is 1.12 bits per heavy atom. The predicted octanol–water partition coefficient (Wildman–Crippen LogP) is 7.04. The molecule has 1 amide bonds. The zero-order valence-corrected chi connectivity index (χ0v) is 16.6. The molecule has 136 valence electrons. The maximum Gasteiger partial charge on any atom is 0.419 e. The molecule has 0 fully saturated rings. The molecule has 4 heteroatoms. The van der Waals surface area contributed by atoms with Crippen LogP contribution in [0.1, 0.15) is 46.1 Å². The van der Waals surface area contributed by atoms with E-state index in [0.717, 1.165) is 39.6 Å². The van der Waals surface area contributed by atoms with E-state index >= 15 is 0 Å². The van der Waals surface area contributed by atoms with Crippen LogP contribution >= 0.6 is 11.8 Å². The second-order valence-electron chi connectivity index (χ2n) is 7.30. The van der Waals surface area contributed by atoms with E-state index in [1.165, 1.54) is 0 Å². The van der Waals surface area contributed by atoms with Crippen LogP contribution in [0.25, 0.3) is 6.08 Å². The average Bonchev–Trinajstić information content (AvgIpc) is 2.58. The van der Waals surface area contributed by atoms with Crippen LogP contribution in [0.15, 0.2) is 58.3 Å². The van der Waals surface area contributed by atoms with Gasteiger partial charge < -0.3 is 4.74 Å². The summed E-state index contributed by atoms with van der Waals surface area (Å²) in [4.78, 5) is 16.8. The van der Waals surface area contributed by atoms with Crippen LogP contribution in [0, 0.1) is 0 Å². The van der Waals surface area contributed by atoms with E-state index in [1.54, 1.807) is 16.7 Å². The van der Waals surface area contributed by atoms with Gasteiger partial charge in [-0.1, -0.05) is 55.5 Å². The molecule has 0 unspecified atom stereocenters. The minimum Gasteiger partial charge on any atom is -0.443 e. The first kappa shape index (κ1) is 18.6. The van der Waals surface area contributed by atoms with Crippen LogP contribution in [0.3, 0.4) is 0 Å². The number of amides is 1. The van der Waals surface area contributed by atoms with Crippen LogP contribution in [0.5, 0.6) is 0 Å². The molecule has 0 saturated heterocycles. The highest BCUT2D eigenvalue weighted by molar-refractivity contribution is 7.99. The second kappa shape index (κ2) is 7.58. The average molecular weight is 368 g/mol. The molecule has 0 radical (unpaired) electrons. The summed E-state index contributed by atoms with van der Waals surface area (Å²) < 4.78 is 5.69. The number of hydrogen-bond donors (Lipinski definition) is 0. The molecular formula is C22H25NO2S. The number of unbranched alkanes of at least 4 members (excludes halogenated alkanes) is 1. The highest BCUT2D eigenvalue weighted by Gasteiger charge is 2.31. The van der Waals surface area contributed by atoms with Crippen LogP contribution in [-0.2, 0) is 4.74 Å². The third-order valence-electron chi connectivity index (χ3n) is 3.89. The summed E-state index contributed by atoms with van der Waals surface area (Å²) in [5, 5.41) is 0. The van der Waals surface area contributed by atoms with Crippen LogP contribution < -0.4 is 4.90 Å². The largest absolute Gasteiger partial charge is 0.443 e. The van der Waals surface area contributed by atoms with Gasteiger partial charge in [0.2, 0.25) is 0 Å². The third kappa shape index (κ3) is 4.13. The van der Waals surface area contributed by atoms with Gasteiger partial charge in [0, 0.05) is 9.79 Å². The van der Waals surface area contributed by atoms with Crippen LogP contribution in [0.4, 0.5) is 16.2 Å². The summed E-state index contributed by atoms with van der Waals surface area (Å²) in [6.45, 7) is 7.83. The fraction of sp³-hybridized carbons (Fsp3) is 0.318. The first-order valence-corrected chi connectivity index (χ1v) is 9.81. The van der Waals surface area contributed by atoms with Crippen molar-refractivity contribution in [3.63, 3.8) is 0 Å². The molecule has 0 aromatic heterocycles. The zero-order chi connectivity index (χ0) is 18.7. The molecule has 2 aromatic carbocycles. The number of rotatable bonds is 3. The summed E-state index contributed by atoms with van der Waals surface area (Å²) in [6, 6.07) is 14.2. The van der Waals surface area contributed by atoms with Crippen molar-refractivity contribution in [2.24, 2.45) is 0 Å². The van der Waals surface area contributed by atoms with E-state index in [2.05, 4.69) is 37.3 Å². The van der Waals surface area contributed by atoms with Crippen molar-refractivity contribution in [2.45, 2.75) is 55.9 Å². The highest BCUT2D eigenvalue weighted by atomic mass is 32.2. The number of para-hydroxylation sites is 1. The molecule has 1 aliphatic heterocycles. The monoisotopic (exact) mass is 367 g/mol. The molecule has 2 aromatic rings. The number of carbonyl (C=O) groups excluding carboxylic acids is 1. The lowest BCUT2D eigenvalue weighted by molar-refractivity contribution is 0.0597. The lowest BCUT2D eigenvalue weighted by atomic mass is 10.1. The van der Waals surface area contributed by atoms with Gasteiger partial charge in [-0.2, -0.15) is 0 Å². The fourth-order valence-corrected chi connectivity index (χ4v) is 3.80. The molecule has 26 heavy (non-hydrogen) atoms. The minimum atomic E-state index is -0.546. The van der Waals surface area contributed by atoms with Gasteiger partial charge in [-0.15, -0.1) is 0 Å². The molecule has 0 N–H and O–H groups in total. The normalized spacial score (nSPS) is 13.5. The molecule has 3 nitrogen and oxygen atoms in total. The van der Waals surface area contributed by atoms with E-state index in [0.29, 0.717) is 0 Å². The van der Waals surface area contributed by atoms with Gasteiger partial charge in [0.25, 0.3) is 0 Å². The summed E-state index contributed by atoms with van der Waals surface area (Å²) >= 11 is 1.69. The van der Waals surface area contributed by atoms with Crippen molar-refractivity contribution in [1.82, 2.24) is 0 Å². The van der Waals surface area contributed by atoms with E-state index in [4.69, 9.17) is 4.74 Å².